The van der Waals surface area contributed by atoms with Crippen molar-refractivity contribution >= 4 is 5.91 Å². The Morgan fingerprint density at radius 3 is 3.00 bits per heavy atom. The van der Waals surface area contributed by atoms with Crippen molar-refractivity contribution in [1.82, 2.24) is 10.6 Å². The molecule has 1 fully saturated rings. The number of carbonyl (C=O) groups is 1. The van der Waals surface area contributed by atoms with Crippen molar-refractivity contribution in [3.8, 4) is 6.07 Å². The van der Waals surface area contributed by atoms with E-state index in [0.29, 0.717) is 24.1 Å². The van der Waals surface area contributed by atoms with Crippen LogP contribution in [0.15, 0.2) is 16.5 Å². The zero-order valence-electron chi connectivity index (χ0n) is 8.82. The lowest BCUT2D eigenvalue weighted by Gasteiger charge is -2.03. The zero-order chi connectivity index (χ0) is 11.4. The van der Waals surface area contributed by atoms with Crippen molar-refractivity contribution in [3.63, 3.8) is 0 Å². The van der Waals surface area contributed by atoms with E-state index >= 15 is 0 Å². The van der Waals surface area contributed by atoms with Crippen molar-refractivity contribution in [2.24, 2.45) is 0 Å². The largest absolute Gasteiger partial charge is 0.449 e. The molecule has 1 amide bonds. The summed E-state index contributed by atoms with van der Waals surface area (Å²) in [6.45, 7) is 0.735. The Kier molecular flexibility index (Phi) is 3.22. The molecule has 0 saturated heterocycles. The van der Waals surface area contributed by atoms with Gasteiger partial charge in [0, 0.05) is 6.04 Å². The van der Waals surface area contributed by atoms with Gasteiger partial charge in [0.2, 0.25) is 11.7 Å². The molecule has 0 unspecified atom stereocenters. The van der Waals surface area contributed by atoms with Crippen molar-refractivity contribution in [1.29, 1.82) is 5.26 Å². The molecular formula is C11H13N3O2. The number of furan rings is 1. The highest BCUT2D eigenvalue weighted by atomic mass is 16.3. The molecule has 1 aromatic rings. The molecule has 1 aromatic heterocycles. The lowest BCUT2D eigenvalue weighted by atomic mass is 10.4. The molecule has 0 bridgehead atoms. The maximum atomic E-state index is 11.3. The molecule has 2 N–H and O–H groups in total. The number of hydrogen-bond donors (Lipinski definition) is 2. The average molecular weight is 219 g/mol. The van der Waals surface area contributed by atoms with E-state index in [2.05, 4.69) is 10.6 Å². The summed E-state index contributed by atoms with van der Waals surface area (Å²) in [5, 5.41) is 14.4. The van der Waals surface area contributed by atoms with E-state index in [4.69, 9.17) is 9.68 Å². The van der Waals surface area contributed by atoms with E-state index in [1.807, 2.05) is 6.07 Å². The fourth-order valence-corrected chi connectivity index (χ4v) is 1.34. The first kappa shape index (κ1) is 10.7. The molecule has 0 aliphatic heterocycles. The van der Waals surface area contributed by atoms with Crippen LogP contribution in [0.1, 0.15) is 24.4 Å². The first-order chi connectivity index (χ1) is 7.78. The van der Waals surface area contributed by atoms with Gasteiger partial charge in [-0.05, 0) is 25.0 Å². The number of amides is 1. The fourth-order valence-electron chi connectivity index (χ4n) is 1.34. The summed E-state index contributed by atoms with van der Waals surface area (Å²) in [7, 11) is 0. The van der Waals surface area contributed by atoms with E-state index in [9.17, 15) is 4.79 Å². The number of nitrogens with one attached hydrogen (secondary N) is 2. The average Bonchev–Trinajstić information content (AvgIpc) is 2.96. The van der Waals surface area contributed by atoms with Crippen LogP contribution in [0.5, 0.6) is 0 Å². The highest BCUT2D eigenvalue weighted by Gasteiger charge is 2.22. The van der Waals surface area contributed by atoms with E-state index in [1.54, 1.807) is 12.1 Å². The van der Waals surface area contributed by atoms with Crippen molar-refractivity contribution in [2.45, 2.75) is 25.4 Å². The topological polar surface area (TPSA) is 78.1 Å². The normalized spacial score (nSPS) is 14.4. The Labute approximate surface area is 93.4 Å². The predicted octanol–water partition coefficient (Wildman–Crippen LogP) is 0.519. The Morgan fingerprint density at radius 1 is 1.56 bits per heavy atom. The second kappa shape index (κ2) is 4.81. The lowest BCUT2D eigenvalue weighted by molar-refractivity contribution is -0.120. The third kappa shape index (κ3) is 3.11. The van der Waals surface area contributed by atoms with Gasteiger partial charge in [0.25, 0.3) is 0 Å². The van der Waals surface area contributed by atoms with E-state index in [0.717, 1.165) is 12.8 Å². The number of nitriles is 1. The van der Waals surface area contributed by atoms with Gasteiger partial charge < -0.3 is 15.1 Å². The zero-order valence-corrected chi connectivity index (χ0v) is 8.82. The van der Waals surface area contributed by atoms with Crippen LogP contribution in [0, 0.1) is 11.3 Å². The molecule has 2 rings (SSSR count). The van der Waals surface area contributed by atoms with Crippen LogP contribution >= 0.6 is 0 Å². The van der Waals surface area contributed by atoms with E-state index < -0.39 is 0 Å². The Hall–Kier alpha value is -1.80. The van der Waals surface area contributed by atoms with Crippen LogP contribution in [0.3, 0.4) is 0 Å². The molecule has 1 aliphatic carbocycles. The maximum absolute atomic E-state index is 11.3. The SMILES string of the molecule is N#Cc1ccc(CNCC(=O)NC2CC2)o1. The van der Waals surface area contributed by atoms with Gasteiger partial charge in [0.1, 0.15) is 11.8 Å². The standard InChI is InChI=1S/C11H13N3O2/c12-5-9-3-4-10(16-9)6-13-7-11(15)14-8-1-2-8/h3-4,8,13H,1-2,6-7H2,(H,14,15). The molecule has 1 heterocycles. The van der Waals surface area contributed by atoms with Gasteiger partial charge in [-0.15, -0.1) is 0 Å². The number of rotatable bonds is 5. The third-order valence-corrected chi connectivity index (χ3v) is 2.30. The van der Waals surface area contributed by atoms with Crippen LogP contribution in [-0.2, 0) is 11.3 Å². The van der Waals surface area contributed by atoms with Gasteiger partial charge >= 0.3 is 0 Å². The van der Waals surface area contributed by atoms with E-state index in [-0.39, 0.29) is 12.5 Å². The number of carbonyl (C=O) groups excluding carboxylic acids is 1. The summed E-state index contributed by atoms with van der Waals surface area (Å²) in [5.41, 5.74) is 0. The molecule has 0 spiro atoms. The van der Waals surface area contributed by atoms with E-state index in [1.165, 1.54) is 0 Å². The second-order valence-corrected chi connectivity index (χ2v) is 3.82. The Morgan fingerprint density at radius 2 is 2.38 bits per heavy atom. The van der Waals surface area contributed by atoms with Crippen LogP contribution in [0.25, 0.3) is 0 Å². The number of hydrogen-bond acceptors (Lipinski definition) is 4. The van der Waals surface area contributed by atoms with Crippen molar-refractivity contribution in [2.75, 3.05) is 6.54 Å². The van der Waals surface area contributed by atoms with Crippen LogP contribution in [-0.4, -0.2) is 18.5 Å². The smallest absolute Gasteiger partial charge is 0.234 e. The monoisotopic (exact) mass is 219 g/mol. The van der Waals surface area contributed by atoms with Gasteiger partial charge in [-0.25, -0.2) is 0 Å². The fraction of sp³-hybridized carbons (Fsp3) is 0.455. The molecule has 5 heteroatoms. The first-order valence-corrected chi connectivity index (χ1v) is 5.27. The molecular weight excluding hydrogens is 206 g/mol. The summed E-state index contributed by atoms with van der Waals surface area (Å²) in [4.78, 5) is 11.3. The summed E-state index contributed by atoms with van der Waals surface area (Å²) >= 11 is 0. The highest BCUT2D eigenvalue weighted by Crippen LogP contribution is 2.18. The van der Waals surface area contributed by atoms with Crippen LogP contribution in [0.4, 0.5) is 0 Å². The minimum absolute atomic E-state index is 0.00885. The van der Waals surface area contributed by atoms with Gasteiger partial charge in [0.05, 0.1) is 13.1 Å². The summed E-state index contributed by atoms with van der Waals surface area (Å²) in [5.74, 6) is 0.963. The Balaban J connectivity index is 1.67. The molecule has 5 nitrogen and oxygen atoms in total. The maximum Gasteiger partial charge on any atom is 0.234 e. The molecule has 84 valence electrons. The molecule has 0 aromatic carbocycles. The molecule has 0 radical (unpaired) electrons. The highest BCUT2D eigenvalue weighted by molar-refractivity contribution is 5.78. The predicted molar refractivity (Wildman–Crippen MR) is 56.3 cm³/mol. The van der Waals surface area contributed by atoms with Crippen LogP contribution in [0.2, 0.25) is 0 Å². The molecule has 16 heavy (non-hydrogen) atoms. The minimum atomic E-state index is 0.00885. The van der Waals surface area contributed by atoms with Gasteiger partial charge in [0.15, 0.2) is 0 Å². The Bertz CT molecular complexity index is 415. The van der Waals surface area contributed by atoms with Crippen LogP contribution < -0.4 is 10.6 Å². The minimum Gasteiger partial charge on any atom is -0.449 e. The molecule has 1 aliphatic rings. The second-order valence-electron chi connectivity index (χ2n) is 3.82. The van der Waals surface area contributed by atoms with Gasteiger partial charge in [-0.1, -0.05) is 0 Å². The quantitative estimate of drug-likeness (QED) is 0.756. The van der Waals surface area contributed by atoms with Gasteiger partial charge in [-0.3, -0.25) is 4.79 Å². The first-order valence-electron chi connectivity index (χ1n) is 5.27. The molecule has 1 saturated carbocycles. The molecule has 0 atom stereocenters. The summed E-state index contributed by atoms with van der Waals surface area (Å²) in [6.07, 6.45) is 2.19. The third-order valence-electron chi connectivity index (χ3n) is 2.30. The summed E-state index contributed by atoms with van der Waals surface area (Å²) < 4.78 is 5.15. The number of nitrogens with zero attached hydrogens (tertiary/aromatic N) is 1. The van der Waals surface area contributed by atoms with Crippen molar-refractivity contribution in [3.05, 3.63) is 23.7 Å². The van der Waals surface area contributed by atoms with Crippen molar-refractivity contribution < 1.29 is 9.21 Å². The lowest BCUT2D eigenvalue weighted by Crippen LogP contribution is -2.34. The van der Waals surface area contributed by atoms with Gasteiger partial charge in [-0.2, -0.15) is 5.26 Å². The summed E-state index contributed by atoms with van der Waals surface area (Å²) in [6, 6.07) is 5.64.